The Morgan fingerprint density at radius 2 is 2.15 bits per heavy atom. The summed E-state index contributed by atoms with van der Waals surface area (Å²) >= 11 is 0. The number of nitrogens with two attached hydrogens (primary N) is 1. The van der Waals surface area contributed by atoms with Gasteiger partial charge < -0.3 is 15.8 Å². The van der Waals surface area contributed by atoms with Crippen LogP contribution in [-0.2, 0) is 0 Å². The van der Waals surface area contributed by atoms with E-state index in [4.69, 9.17) is 10.9 Å². The molecule has 0 aromatic carbocycles. The third kappa shape index (κ3) is 2.30. The second kappa shape index (κ2) is 5.26. The summed E-state index contributed by atoms with van der Waals surface area (Å²) in [6, 6.07) is 2.31. The van der Waals surface area contributed by atoms with Gasteiger partial charge in [-0.1, -0.05) is 11.6 Å². The third-order valence-electron chi connectivity index (χ3n) is 4.46. The summed E-state index contributed by atoms with van der Waals surface area (Å²) in [6.45, 7) is 2.91. The minimum Gasteiger partial charge on any atom is -0.409 e. The minimum absolute atomic E-state index is 0.0386. The second-order valence-corrected chi connectivity index (χ2v) is 5.77. The smallest absolute Gasteiger partial charge is 0.226 e. The second-order valence-electron chi connectivity index (χ2n) is 5.77. The molecule has 2 heterocycles. The molecule has 108 valence electrons. The number of anilines is 1. The van der Waals surface area contributed by atoms with Gasteiger partial charge in [-0.2, -0.15) is 0 Å². The van der Waals surface area contributed by atoms with Gasteiger partial charge in [0.05, 0.1) is 0 Å². The van der Waals surface area contributed by atoms with Crippen molar-refractivity contribution in [3.8, 4) is 0 Å². The lowest BCUT2D eigenvalue weighted by molar-refractivity contribution is 0.318. The number of nitrogens with zero attached hydrogens (tertiary/aromatic N) is 4. The monoisotopic (exact) mass is 275 g/mol. The molecule has 2 fully saturated rings. The number of rotatable bonds is 2. The number of aromatic nitrogens is 2. The van der Waals surface area contributed by atoms with Gasteiger partial charge in [0, 0.05) is 18.3 Å². The summed E-state index contributed by atoms with van der Waals surface area (Å²) in [5.41, 5.74) is 7.00. The molecule has 6 heteroatoms. The number of aryl methyl sites for hydroxylation is 1. The van der Waals surface area contributed by atoms with E-state index >= 15 is 0 Å². The molecule has 6 nitrogen and oxygen atoms in total. The van der Waals surface area contributed by atoms with Crippen LogP contribution in [0.5, 0.6) is 0 Å². The average molecular weight is 275 g/mol. The summed E-state index contributed by atoms with van der Waals surface area (Å²) in [7, 11) is 0. The Hall–Kier alpha value is -1.85. The van der Waals surface area contributed by atoms with Crippen LogP contribution in [0.4, 0.5) is 5.95 Å². The van der Waals surface area contributed by atoms with Gasteiger partial charge in [0.2, 0.25) is 5.95 Å². The average Bonchev–Trinajstić information content (AvgIpc) is 2.94. The molecule has 0 bridgehead atoms. The van der Waals surface area contributed by atoms with Gasteiger partial charge in [-0.05, 0) is 44.6 Å². The Morgan fingerprint density at radius 1 is 1.35 bits per heavy atom. The lowest BCUT2D eigenvalue weighted by Crippen LogP contribution is -2.43. The number of hydrogen-bond acceptors (Lipinski definition) is 5. The van der Waals surface area contributed by atoms with Crippen molar-refractivity contribution in [3.63, 3.8) is 0 Å². The van der Waals surface area contributed by atoms with Crippen LogP contribution in [0.25, 0.3) is 0 Å². The molecule has 1 aromatic heterocycles. The summed E-state index contributed by atoms with van der Waals surface area (Å²) < 4.78 is 0. The molecule has 1 aliphatic heterocycles. The van der Waals surface area contributed by atoms with Crippen LogP contribution < -0.4 is 10.6 Å². The van der Waals surface area contributed by atoms with Crippen LogP contribution in [0, 0.1) is 12.8 Å². The van der Waals surface area contributed by atoms with Crippen molar-refractivity contribution in [2.75, 3.05) is 11.4 Å². The van der Waals surface area contributed by atoms with E-state index in [1.807, 2.05) is 6.92 Å². The van der Waals surface area contributed by atoms with Crippen molar-refractivity contribution in [3.05, 3.63) is 17.5 Å². The van der Waals surface area contributed by atoms with Gasteiger partial charge in [0.1, 0.15) is 5.69 Å². The van der Waals surface area contributed by atoms with Crippen LogP contribution in [0.1, 0.15) is 43.5 Å². The molecule has 1 saturated heterocycles. The first-order valence-electron chi connectivity index (χ1n) is 7.29. The Morgan fingerprint density at radius 3 is 2.95 bits per heavy atom. The molecular formula is C14H21N5O. The van der Waals surface area contributed by atoms with Crippen molar-refractivity contribution in [2.24, 2.45) is 16.8 Å². The van der Waals surface area contributed by atoms with Crippen LogP contribution in [0.15, 0.2) is 11.2 Å². The first-order chi connectivity index (χ1) is 9.69. The van der Waals surface area contributed by atoms with Crippen molar-refractivity contribution < 1.29 is 5.21 Å². The molecule has 20 heavy (non-hydrogen) atoms. The maximum Gasteiger partial charge on any atom is 0.226 e. The van der Waals surface area contributed by atoms with Crippen LogP contribution in [0.3, 0.4) is 0 Å². The lowest BCUT2D eigenvalue weighted by Gasteiger charge is -2.38. The molecule has 0 spiro atoms. The van der Waals surface area contributed by atoms with Crippen molar-refractivity contribution in [2.45, 2.75) is 45.1 Å². The predicted octanol–water partition coefficient (Wildman–Crippen LogP) is 1.65. The number of piperidine rings is 1. The Labute approximate surface area is 118 Å². The molecule has 1 aromatic rings. The van der Waals surface area contributed by atoms with Crippen molar-refractivity contribution >= 4 is 11.8 Å². The van der Waals surface area contributed by atoms with Crippen molar-refractivity contribution in [1.29, 1.82) is 0 Å². The maximum atomic E-state index is 8.82. The molecule has 3 rings (SSSR count). The van der Waals surface area contributed by atoms with Crippen LogP contribution >= 0.6 is 0 Å². The molecule has 2 aliphatic rings. The highest BCUT2D eigenvalue weighted by Gasteiger charge is 2.36. The maximum absolute atomic E-state index is 8.82. The zero-order chi connectivity index (χ0) is 14.1. The molecule has 0 radical (unpaired) electrons. The summed E-state index contributed by atoms with van der Waals surface area (Å²) in [4.78, 5) is 11.4. The highest BCUT2D eigenvalue weighted by atomic mass is 16.4. The van der Waals surface area contributed by atoms with E-state index < -0.39 is 0 Å². The Bertz CT molecular complexity index is 530. The van der Waals surface area contributed by atoms with Gasteiger partial charge in [-0.25, -0.2) is 9.97 Å². The highest BCUT2D eigenvalue weighted by molar-refractivity contribution is 5.95. The third-order valence-corrected chi connectivity index (χ3v) is 4.46. The normalized spacial score (nSPS) is 26.6. The largest absolute Gasteiger partial charge is 0.409 e. The fourth-order valence-electron chi connectivity index (χ4n) is 3.57. The van der Waals surface area contributed by atoms with E-state index in [1.54, 1.807) is 6.07 Å². The number of amidine groups is 1. The predicted molar refractivity (Wildman–Crippen MR) is 77.0 cm³/mol. The minimum atomic E-state index is 0.0386. The number of hydrogen-bond donors (Lipinski definition) is 2. The van der Waals surface area contributed by atoms with Gasteiger partial charge in [0.15, 0.2) is 5.84 Å². The van der Waals surface area contributed by atoms with E-state index in [0.717, 1.165) is 24.1 Å². The molecule has 0 amide bonds. The van der Waals surface area contributed by atoms with E-state index in [0.29, 0.717) is 11.7 Å². The fourth-order valence-corrected chi connectivity index (χ4v) is 3.57. The topological polar surface area (TPSA) is 87.6 Å². The molecule has 3 N–H and O–H groups in total. The molecule has 1 saturated carbocycles. The highest BCUT2D eigenvalue weighted by Crippen LogP contribution is 2.38. The SMILES string of the molecule is Cc1cc(/C(N)=N/O)nc(N2CCCC3CCCC32)n1. The Kier molecular flexibility index (Phi) is 3.46. The van der Waals surface area contributed by atoms with Gasteiger partial charge >= 0.3 is 0 Å². The van der Waals surface area contributed by atoms with Gasteiger partial charge in [-0.15, -0.1) is 0 Å². The van der Waals surface area contributed by atoms with Gasteiger partial charge in [-0.3, -0.25) is 0 Å². The molecule has 2 atom stereocenters. The van der Waals surface area contributed by atoms with E-state index in [-0.39, 0.29) is 5.84 Å². The van der Waals surface area contributed by atoms with E-state index in [2.05, 4.69) is 20.0 Å². The standard InChI is InChI=1S/C14H21N5O/c1-9-8-11(13(15)18-20)17-14(16-9)19-7-3-5-10-4-2-6-12(10)19/h8,10,12,20H,2-7H2,1H3,(H2,15,18). The first-order valence-corrected chi connectivity index (χ1v) is 7.29. The van der Waals surface area contributed by atoms with E-state index in [9.17, 15) is 0 Å². The van der Waals surface area contributed by atoms with Crippen LogP contribution in [0.2, 0.25) is 0 Å². The number of fused-ring (bicyclic) bond motifs is 1. The molecule has 2 unspecified atom stereocenters. The fraction of sp³-hybridized carbons (Fsp3) is 0.643. The van der Waals surface area contributed by atoms with Crippen LogP contribution in [-0.4, -0.2) is 33.6 Å². The quantitative estimate of drug-likeness (QED) is 0.371. The van der Waals surface area contributed by atoms with Crippen molar-refractivity contribution in [1.82, 2.24) is 9.97 Å². The van der Waals surface area contributed by atoms with E-state index in [1.165, 1.54) is 32.1 Å². The number of oxime groups is 1. The Balaban J connectivity index is 1.94. The zero-order valence-corrected chi connectivity index (χ0v) is 11.8. The summed E-state index contributed by atoms with van der Waals surface area (Å²) in [5, 5.41) is 11.9. The lowest BCUT2D eigenvalue weighted by atomic mass is 9.92. The summed E-state index contributed by atoms with van der Waals surface area (Å²) in [5.74, 6) is 1.54. The zero-order valence-electron chi connectivity index (χ0n) is 11.8. The molecular weight excluding hydrogens is 254 g/mol. The first kappa shape index (κ1) is 13.1. The summed E-state index contributed by atoms with van der Waals surface area (Å²) in [6.07, 6.45) is 6.35. The van der Waals surface area contributed by atoms with Gasteiger partial charge in [0.25, 0.3) is 0 Å². The molecule has 1 aliphatic carbocycles.